The zero-order chi connectivity index (χ0) is 21.4. The molecule has 0 saturated carbocycles. The lowest BCUT2D eigenvalue weighted by atomic mass is 9.94. The molecule has 0 atom stereocenters. The Kier molecular flexibility index (Phi) is 8.05. The molecule has 0 aliphatic rings. The lowest BCUT2D eigenvalue weighted by molar-refractivity contribution is 0.476. The molecule has 0 fully saturated rings. The third kappa shape index (κ3) is 5.92. The molecule has 0 spiro atoms. The Morgan fingerprint density at radius 2 is 1.50 bits per heavy atom. The number of nitrogens with zero attached hydrogens (tertiary/aromatic N) is 1. The lowest BCUT2D eigenvalue weighted by Crippen LogP contribution is -1.99. The number of nitrogens with one attached hydrogen (secondary N) is 1. The van der Waals surface area contributed by atoms with Crippen LogP contribution in [0.3, 0.4) is 0 Å². The molecule has 2 aromatic carbocycles. The molecule has 0 aliphatic heterocycles. The Hall–Kier alpha value is -2.18. The normalized spacial score (nSPS) is 11.9. The fourth-order valence-corrected chi connectivity index (χ4v) is 4.43. The maximum absolute atomic E-state index is 11.6. The van der Waals surface area contributed by atoms with Gasteiger partial charge in [0.2, 0.25) is 0 Å². The Bertz CT molecular complexity index is 1040. The van der Waals surface area contributed by atoms with Gasteiger partial charge in [-0.25, -0.2) is 4.98 Å². The van der Waals surface area contributed by atoms with Crippen molar-refractivity contribution in [3.8, 4) is 11.1 Å². The van der Waals surface area contributed by atoms with Gasteiger partial charge in [-0.05, 0) is 30.0 Å². The number of aryl methyl sites for hydroxylation is 1. The molecule has 0 saturated heterocycles. The van der Waals surface area contributed by atoms with Crippen molar-refractivity contribution in [2.24, 2.45) is 0 Å². The second-order valence-corrected chi connectivity index (χ2v) is 9.29. The average Bonchev–Trinajstić information content (AvgIpc) is 3.18. The molecular formula is C24H32N2O3S. The summed E-state index contributed by atoms with van der Waals surface area (Å²) >= 11 is 0. The van der Waals surface area contributed by atoms with Crippen molar-refractivity contribution in [1.82, 2.24) is 9.97 Å². The quantitative estimate of drug-likeness (QED) is 0.253. The minimum absolute atomic E-state index is 0.407. The molecule has 3 aromatic rings. The van der Waals surface area contributed by atoms with Crippen LogP contribution in [0.5, 0.6) is 0 Å². The van der Waals surface area contributed by atoms with Crippen LogP contribution in [0, 0.1) is 0 Å². The van der Waals surface area contributed by atoms with Crippen molar-refractivity contribution in [3.63, 3.8) is 0 Å². The molecule has 6 heteroatoms. The standard InChI is InChI=1S/C24H32N2O3S/c1-2-3-4-5-6-7-8-9-11-16-20-17-18-21-23(26-24(25-21)30(27,28)29)22(20)19-14-12-10-13-15-19/h10,12-15,17-18H,2-9,11,16H2,1H3,(H,25,26)(H,27,28,29). The van der Waals surface area contributed by atoms with Crippen molar-refractivity contribution in [1.29, 1.82) is 0 Å². The molecule has 1 heterocycles. The molecule has 1 aromatic heterocycles. The summed E-state index contributed by atoms with van der Waals surface area (Å²) in [6.07, 6.45) is 12.4. The van der Waals surface area contributed by atoms with Crippen molar-refractivity contribution in [2.75, 3.05) is 0 Å². The number of aromatic amines is 1. The van der Waals surface area contributed by atoms with Gasteiger partial charge in [-0.2, -0.15) is 8.42 Å². The van der Waals surface area contributed by atoms with Gasteiger partial charge in [0.1, 0.15) is 0 Å². The highest BCUT2D eigenvalue weighted by molar-refractivity contribution is 7.85. The van der Waals surface area contributed by atoms with E-state index in [0.29, 0.717) is 11.0 Å². The lowest BCUT2D eigenvalue weighted by Gasteiger charge is -2.11. The van der Waals surface area contributed by atoms with E-state index in [1.165, 1.54) is 56.9 Å². The summed E-state index contributed by atoms with van der Waals surface area (Å²) < 4.78 is 32.5. The molecule has 30 heavy (non-hydrogen) atoms. The first-order valence-corrected chi connectivity index (χ1v) is 12.5. The number of aromatic nitrogens is 2. The summed E-state index contributed by atoms with van der Waals surface area (Å²) in [4.78, 5) is 6.90. The van der Waals surface area contributed by atoms with E-state index >= 15 is 0 Å². The zero-order valence-corrected chi connectivity index (χ0v) is 18.5. The van der Waals surface area contributed by atoms with E-state index in [0.717, 1.165) is 24.0 Å². The highest BCUT2D eigenvalue weighted by atomic mass is 32.2. The van der Waals surface area contributed by atoms with Crippen LogP contribution in [-0.4, -0.2) is 22.9 Å². The summed E-state index contributed by atoms with van der Waals surface area (Å²) in [5.74, 6) is 0. The van der Waals surface area contributed by atoms with Crippen LogP contribution >= 0.6 is 0 Å². The first-order valence-electron chi connectivity index (χ1n) is 11.0. The highest BCUT2D eigenvalue weighted by Gasteiger charge is 2.19. The van der Waals surface area contributed by atoms with Crippen molar-refractivity contribution < 1.29 is 13.0 Å². The van der Waals surface area contributed by atoms with E-state index in [2.05, 4.69) is 16.9 Å². The van der Waals surface area contributed by atoms with Gasteiger partial charge >= 0.3 is 10.1 Å². The molecule has 162 valence electrons. The van der Waals surface area contributed by atoms with Gasteiger partial charge in [0, 0.05) is 5.56 Å². The van der Waals surface area contributed by atoms with Crippen molar-refractivity contribution in [2.45, 2.75) is 76.3 Å². The molecule has 0 amide bonds. The molecule has 0 bridgehead atoms. The number of hydrogen-bond donors (Lipinski definition) is 2. The van der Waals surface area contributed by atoms with E-state index in [4.69, 9.17) is 0 Å². The Morgan fingerprint density at radius 3 is 2.13 bits per heavy atom. The summed E-state index contributed by atoms with van der Waals surface area (Å²) in [6, 6.07) is 13.8. The molecule has 3 rings (SSSR count). The first-order chi connectivity index (χ1) is 14.5. The summed E-state index contributed by atoms with van der Waals surface area (Å²) in [6.45, 7) is 2.24. The minimum atomic E-state index is -4.38. The van der Waals surface area contributed by atoms with E-state index in [9.17, 15) is 13.0 Å². The molecular weight excluding hydrogens is 396 g/mol. The van der Waals surface area contributed by atoms with E-state index in [1.807, 2.05) is 42.5 Å². The highest BCUT2D eigenvalue weighted by Crippen LogP contribution is 2.32. The van der Waals surface area contributed by atoms with Gasteiger partial charge in [-0.15, -0.1) is 0 Å². The van der Waals surface area contributed by atoms with Gasteiger partial charge in [0.15, 0.2) is 0 Å². The second kappa shape index (κ2) is 10.7. The zero-order valence-electron chi connectivity index (χ0n) is 17.7. The number of rotatable bonds is 12. The molecule has 0 aliphatic carbocycles. The molecule has 5 nitrogen and oxygen atoms in total. The predicted molar refractivity (Wildman–Crippen MR) is 122 cm³/mol. The molecule has 0 unspecified atom stereocenters. The third-order valence-electron chi connectivity index (χ3n) is 5.58. The van der Waals surface area contributed by atoms with Crippen molar-refractivity contribution in [3.05, 3.63) is 48.0 Å². The van der Waals surface area contributed by atoms with E-state index < -0.39 is 15.3 Å². The van der Waals surface area contributed by atoms with Crippen LogP contribution in [-0.2, 0) is 16.5 Å². The van der Waals surface area contributed by atoms with Crippen molar-refractivity contribution >= 4 is 21.2 Å². The molecule has 0 radical (unpaired) electrons. The fourth-order valence-electron chi connectivity index (χ4n) is 3.99. The summed E-state index contributed by atoms with van der Waals surface area (Å²) in [7, 11) is -4.38. The van der Waals surface area contributed by atoms with E-state index in [-0.39, 0.29) is 0 Å². The summed E-state index contributed by atoms with van der Waals surface area (Å²) in [5.41, 5.74) is 4.34. The predicted octanol–water partition coefficient (Wildman–Crippen LogP) is 6.55. The SMILES string of the molecule is CCCCCCCCCCCc1ccc2nc(S(=O)(=O)O)[nH]c2c1-c1ccccc1. The minimum Gasteiger partial charge on any atom is -0.326 e. The van der Waals surface area contributed by atoms with Crippen LogP contribution in [0.25, 0.3) is 22.2 Å². The second-order valence-electron chi connectivity index (χ2n) is 7.96. The van der Waals surface area contributed by atoms with Gasteiger partial charge < -0.3 is 4.98 Å². The number of benzene rings is 2. The Balaban J connectivity index is 1.73. The number of unbranched alkanes of at least 4 members (excludes halogenated alkanes) is 8. The summed E-state index contributed by atoms with van der Waals surface area (Å²) in [5, 5.41) is -0.407. The maximum atomic E-state index is 11.6. The number of fused-ring (bicyclic) bond motifs is 1. The van der Waals surface area contributed by atoms with Crippen LogP contribution in [0.2, 0.25) is 0 Å². The van der Waals surface area contributed by atoms with Gasteiger partial charge in [-0.1, -0.05) is 94.7 Å². The van der Waals surface area contributed by atoms with Gasteiger partial charge in [0.25, 0.3) is 5.16 Å². The number of imidazole rings is 1. The first kappa shape index (κ1) is 22.5. The number of hydrogen-bond acceptors (Lipinski definition) is 3. The maximum Gasteiger partial charge on any atom is 0.328 e. The Morgan fingerprint density at radius 1 is 0.867 bits per heavy atom. The van der Waals surface area contributed by atoms with Crippen LogP contribution in [0.1, 0.15) is 70.3 Å². The van der Waals surface area contributed by atoms with Crippen LogP contribution in [0.4, 0.5) is 0 Å². The number of H-pyrrole nitrogens is 1. The monoisotopic (exact) mass is 428 g/mol. The van der Waals surface area contributed by atoms with E-state index in [1.54, 1.807) is 0 Å². The smallest absolute Gasteiger partial charge is 0.326 e. The topological polar surface area (TPSA) is 83.1 Å². The molecule has 2 N–H and O–H groups in total. The largest absolute Gasteiger partial charge is 0.328 e. The van der Waals surface area contributed by atoms with Crippen LogP contribution in [0.15, 0.2) is 47.6 Å². The average molecular weight is 429 g/mol. The third-order valence-corrected chi connectivity index (χ3v) is 6.26. The van der Waals surface area contributed by atoms with Gasteiger partial charge in [0.05, 0.1) is 11.0 Å². The van der Waals surface area contributed by atoms with Crippen LogP contribution < -0.4 is 0 Å². The van der Waals surface area contributed by atoms with Gasteiger partial charge in [-0.3, -0.25) is 4.55 Å². The Labute approximate surface area is 179 Å². The fraction of sp³-hybridized carbons (Fsp3) is 0.458.